The number of fused-ring (bicyclic) bond motifs is 1. The van der Waals surface area contributed by atoms with Crippen LogP contribution in [0.1, 0.15) is 45.7 Å². The van der Waals surface area contributed by atoms with Gasteiger partial charge in [0.2, 0.25) is 5.91 Å². The smallest absolute Gasteiger partial charge is 0.246 e. The van der Waals surface area contributed by atoms with E-state index in [9.17, 15) is 9.18 Å². The summed E-state index contributed by atoms with van der Waals surface area (Å²) in [5.74, 6) is 0.996. The number of amidine groups is 1. The standard InChI is InChI=1S/C32H35ClFN5O/c1-7-28(40)37-17-21(3)38(18-20(37)2)30-23-16-25(33)29(22-12-8-10-14-26(22)34)36-31(23)39(19-35-30)27-15-11-9-13-24(27)32(4,5)6/h7-16,20-21H,1,17-19H2,2-6H3/t20-,21+/m1/s1. The lowest BCUT2D eigenvalue weighted by molar-refractivity contribution is -0.130. The van der Waals surface area contributed by atoms with E-state index in [2.05, 4.69) is 56.2 Å². The molecular weight excluding hydrogens is 525 g/mol. The van der Waals surface area contributed by atoms with E-state index in [1.54, 1.807) is 18.2 Å². The fourth-order valence-electron chi connectivity index (χ4n) is 5.61. The maximum Gasteiger partial charge on any atom is 0.246 e. The van der Waals surface area contributed by atoms with Gasteiger partial charge in [0.05, 0.1) is 16.3 Å². The van der Waals surface area contributed by atoms with Crippen LogP contribution >= 0.6 is 11.6 Å². The van der Waals surface area contributed by atoms with Gasteiger partial charge in [0.25, 0.3) is 0 Å². The van der Waals surface area contributed by atoms with Crippen LogP contribution < -0.4 is 4.90 Å². The molecule has 2 atom stereocenters. The molecule has 0 N–H and O–H groups in total. The first-order valence-electron chi connectivity index (χ1n) is 13.6. The largest absolute Gasteiger partial charge is 0.350 e. The molecule has 0 bridgehead atoms. The van der Waals surface area contributed by atoms with E-state index in [-0.39, 0.29) is 29.2 Å². The first-order valence-corrected chi connectivity index (χ1v) is 14.0. The Labute approximate surface area is 240 Å². The number of amides is 1. The maximum atomic E-state index is 14.9. The molecule has 2 aliphatic rings. The normalized spacial score (nSPS) is 19.3. The van der Waals surface area contributed by atoms with Gasteiger partial charge in [-0.25, -0.2) is 14.4 Å². The highest BCUT2D eigenvalue weighted by Crippen LogP contribution is 2.41. The second-order valence-corrected chi connectivity index (χ2v) is 11.9. The van der Waals surface area contributed by atoms with Crippen molar-refractivity contribution >= 4 is 34.8 Å². The summed E-state index contributed by atoms with van der Waals surface area (Å²) in [6.45, 7) is 15.8. The van der Waals surface area contributed by atoms with Gasteiger partial charge < -0.3 is 14.7 Å². The summed E-state index contributed by atoms with van der Waals surface area (Å²) in [5, 5.41) is 0.351. The summed E-state index contributed by atoms with van der Waals surface area (Å²) in [5.41, 5.74) is 3.54. The van der Waals surface area contributed by atoms with Crippen LogP contribution in [0.15, 0.2) is 72.2 Å². The summed E-state index contributed by atoms with van der Waals surface area (Å²) >= 11 is 6.83. The summed E-state index contributed by atoms with van der Waals surface area (Å²) in [6, 6.07) is 16.6. The number of anilines is 2. The van der Waals surface area contributed by atoms with Crippen molar-refractivity contribution in [1.82, 2.24) is 14.8 Å². The highest BCUT2D eigenvalue weighted by molar-refractivity contribution is 6.33. The molecule has 208 valence electrons. The molecule has 1 amide bonds. The molecule has 8 heteroatoms. The van der Waals surface area contributed by atoms with Crippen LogP contribution in [0.5, 0.6) is 0 Å². The Morgan fingerprint density at radius 3 is 2.45 bits per heavy atom. The third kappa shape index (κ3) is 4.99. The van der Waals surface area contributed by atoms with Gasteiger partial charge in [-0.2, -0.15) is 0 Å². The van der Waals surface area contributed by atoms with Crippen molar-refractivity contribution in [2.75, 3.05) is 24.7 Å². The van der Waals surface area contributed by atoms with Gasteiger partial charge in [-0.05, 0) is 55.2 Å². The Morgan fingerprint density at radius 2 is 1.75 bits per heavy atom. The molecule has 6 nitrogen and oxygen atoms in total. The number of piperazine rings is 1. The van der Waals surface area contributed by atoms with Crippen LogP contribution in [0.25, 0.3) is 11.3 Å². The molecular formula is C32H35ClFN5O. The molecule has 2 aliphatic heterocycles. The number of pyridine rings is 1. The van der Waals surface area contributed by atoms with Crippen LogP contribution in [0.2, 0.25) is 5.02 Å². The number of carbonyl (C=O) groups excluding carboxylic acids is 1. The van der Waals surface area contributed by atoms with Crippen molar-refractivity contribution in [2.24, 2.45) is 4.99 Å². The Balaban J connectivity index is 1.66. The molecule has 0 unspecified atom stereocenters. The van der Waals surface area contributed by atoms with Crippen LogP contribution in [0.3, 0.4) is 0 Å². The van der Waals surface area contributed by atoms with Gasteiger partial charge in [0.1, 0.15) is 24.1 Å². The topological polar surface area (TPSA) is 52.0 Å². The number of benzene rings is 2. The Kier molecular flexibility index (Phi) is 7.44. The predicted octanol–water partition coefficient (Wildman–Crippen LogP) is 6.80. The van der Waals surface area contributed by atoms with Crippen LogP contribution in [0.4, 0.5) is 15.9 Å². The number of hydrogen-bond donors (Lipinski definition) is 0. The second kappa shape index (κ2) is 10.7. The fraction of sp³-hybridized carbons (Fsp3) is 0.344. The SMILES string of the molecule is C=CC(=O)N1C[C@H](C)N(C2=NCN(c3ccccc3C(C)(C)C)c3nc(-c4ccccc4F)c(Cl)cc32)C[C@H]1C. The average Bonchev–Trinajstić information content (AvgIpc) is 2.93. The molecule has 3 heterocycles. The van der Waals surface area contributed by atoms with Gasteiger partial charge in [0.15, 0.2) is 0 Å². The minimum Gasteiger partial charge on any atom is -0.350 e. The van der Waals surface area contributed by atoms with Crippen LogP contribution in [-0.2, 0) is 10.2 Å². The Bertz CT molecular complexity index is 1500. The fourth-order valence-corrected chi connectivity index (χ4v) is 5.86. The highest BCUT2D eigenvalue weighted by atomic mass is 35.5. The number of hydrogen-bond acceptors (Lipinski definition) is 5. The summed E-state index contributed by atoms with van der Waals surface area (Å²) in [7, 11) is 0. The number of aromatic nitrogens is 1. The zero-order chi connectivity index (χ0) is 28.8. The van der Waals surface area contributed by atoms with Gasteiger partial charge in [-0.3, -0.25) is 4.79 Å². The molecule has 0 saturated carbocycles. The van der Waals surface area contributed by atoms with E-state index in [1.807, 2.05) is 30.0 Å². The minimum atomic E-state index is -0.381. The van der Waals surface area contributed by atoms with Gasteiger partial charge in [0, 0.05) is 36.4 Å². The second-order valence-electron chi connectivity index (χ2n) is 11.5. The zero-order valence-corrected chi connectivity index (χ0v) is 24.4. The zero-order valence-electron chi connectivity index (χ0n) is 23.7. The number of aliphatic imine (C=N–C) groups is 1. The summed E-state index contributed by atoms with van der Waals surface area (Å²) < 4.78 is 14.9. The quantitative estimate of drug-likeness (QED) is 0.331. The number of carbonyl (C=O) groups is 1. The number of nitrogens with zero attached hydrogens (tertiary/aromatic N) is 5. The van der Waals surface area contributed by atoms with E-state index < -0.39 is 0 Å². The average molecular weight is 560 g/mol. The Morgan fingerprint density at radius 1 is 1.05 bits per heavy atom. The summed E-state index contributed by atoms with van der Waals surface area (Å²) in [4.78, 5) is 28.7. The monoisotopic (exact) mass is 559 g/mol. The van der Waals surface area contributed by atoms with Crippen molar-refractivity contribution in [1.29, 1.82) is 0 Å². The molecule has 1 saturated heterocycles. The van der Waals surface area contributed by atoms with Crippen molar-refractivity contribution in [2.45, 2.75) is 52.1 Å². The number of halogens is 2. The van der Waals surface area contributed by atoms with Crippen molar-refractivity contribution in [3.63, 3.8) is 0 Å². The molecule has 0 aliphatic carbocycles. The van der Waals surface area contributed by atoms with Crippen LogP contribution in [0, 0.1) is 5.82 Å². The van der Waals surface area contributed by atoms with Crippen LogP contribution in [-0.4, -0.2) is 58.4 Å². The first kappa shape index (κ1) is 27.8. The van der Waals surface area contributed by atoms with Crippen molar-refractivity contribution in [3.8, 4) is 11.3 Å². The van der Waals surface area contributed by atoms with Crippen molar-refractivity contribution in [3.05, 3.63) is 89.2 Å². The van der Waals surface area contributed by atoms with Gasteiger partial charge in [-0.15, -0.1) is 0 Å². The molecule has 1 aromatic heterocycles. The van der Waals surface area contributed by atoms with Gasteiger partial charge >= 0.3 is 0 Å². The van der Waals surface area contributed by atoms with E-state index in [4.69, 9.17) is 21.6 Å². The molecule has 40 heavy (non-hydrogen) atoms. The lowest BCUT2D eigenvalue weighted by atomic mass is 9.85. The van der Waals surface area contributed by atoms with E-state index in [0.29, 0.717) is 41.9 Å². The molecule has 0 radical (unpaired) electrons. The minimum absolute atomic E-state index is 0.00475. The Hall–Kier alpha value is -3.71. The molecule has 2 aromatic carbocycles. The lowest BCUT2D eigenvalue weighted by Crippen LogP contribution is -2.59. The highest BCUT2D eigenvalue weighted by Gasteiger charge is 2.37. The number of rotatable bonds is 3. The molecule has 1 fully saturated rings. The third-order valence-corrected chi connectivity index (χ3v) is 7.95. The lowest BCUT2D eigenvalue weighted by Gasteiger charge is -2.46. The van der Waals surface area contributed by atoms with E-state index in [1.165, 1.54) is 12.1 Å². The summed E-state index contributed by atoms with van der Waals surface area (Å²) in [6.07, 6.45) is 1.37. The number of para-hydroxylation sites is 1. The van der Waals surface area contributed by atoms with E-state index in [0.717, 1.165) is 22.6 Å². The maximum absolute atomic E-state index is 14.9. The predicted molar refractivity (Wildman–Crippen MR) is 161 cm³/mol. The molecule has 5 rings (SSSR count). The van der Waals surface area contributed by atoms with E-state index >= 15 is 0 Å². The van der Waals surface area contributed by atoms with Crippen molar-refractivity contribution < 1.29 is 9.18 Å². The molecule has 3 aromatic rings. The van der Waals surface area contributed by atoms with Gasteiger partial charge in [-0.1, -0.05) is 69.3 Å². The first-order chi connectivity index (χ1) is 19.0. The third-order valence-electron chi connectivity index (χ3n) is 7.66. The molecule has 0 spiro atoms.